The minimum Gasteiger partial charge on any atom is -0.494 e. The second-order valence-corrected chi connectivity index (χ2v) is 6.75. The van der Waals surface area contributed by atoms with Gasteiger partial charge in [0.05, 0.1) is 26.0 Å². The summed E-state index contributed by atoms with van der Waals surface area (Å²) in [6.07, 6.45) is 0.889. The molecule has 6 heteroatoms. The molecule has 0 saturated carbocycles. The van der Waals surface area contributed by atoms with Crippen molar-refractivity contribution in [3.05, 3.63) is 53.1 Å². The summed E-state index contributed by atoms with van der Waals surface area (Å²) in [6.45, 7) is 2.69. The summed E-state index contributed by atoms with van der Waals surface area (Å²) in [5, 5.41) is 2.92. The van der Waals surface area contributed by atoms with E-state index in [4.69, 9.17) is 14.2 Å². The standard InChI is InChI=1S/C21H26N2O4/c1-23(2)9-11-27-18-6-7-19(20(13-18)25-3)22-21(24)16-5-4-15-8-10-26-14-17(15)12-16/h4-7,12-13H,8-11,14H2,1-3H3,(H,22,24). The van der Waals surface area contributed by atoms with Gasteiger partial charge >= 0.3 is 0 Å². The van der Waals surface area contributed by atoms with Gasteiger partial charge in [-0.05, 0) is 55.9 Å². The Balaban J connectivity index is 1.69. The van der Waals surface area contributed by atoms with Crippen LogP contribution in [0.5, 0.6) is 11.5 Å². The third kappa shape index (κ3) is 4.99. The number of amides is 1. The van der Waals surface area contributed by atoms with E-state index in [-0.39, 0.29) is 5.91 Å². The summed E-state index contributed by atoms with van der Waals surface area (Å²) in [5.74, 6) is 1.09. The van der Waals surface area contributed by atoms with Crippen LogP contribution in [0.15, 0.2) is 36.4 Å². The maximum absolute atomic E-state index is 12.7. The molecule has 144 valence electrons. The van der Waals surface area contributed by atoms with E-state index in [1.165, 1.54) is 5.56 Å². The summed E-state index contributed by atoms with van der Waals surface area (Å²) in [6, 6.07) is 11.2. The molecule has 0 radical (unpaired) electrons. The van der Waals surface area contributed by atoms with Crippen LogP contribution in [0.25, 0.3) is 0 Å². The van der Waals surface area contributed by atoms with E-state index >= 15 is 0 Å². The van der Waals surface area contributed by atoms with Crippen LogP contribution in [-0.2, 0) is 17.8 Å². The van der Waals surface area contributed by atoms with Crippen molar-refractivity contribution in [2.24, 2.45) is 0 Å². The van der Waals surface area contributed by atoms with E-state index in [1.807, 2.05) is 38.4 Å². The Labute approximate surface area is 160 Å². The number of nitrogens with one attached hydrogen (secondary N) is 1. The Morgan fingerprint density at radius 3 is 2.81 bits per heavy atom. The van der Waals surface area contributed by atoms with Crippen molar-refractivity contribution in [2.45, 2.75) is 13.0 Å². The van der Waals surface area contributed by atoms with Gasteiger partial charge in [0.2, 0.25) is 0 Å². The highest BCUT2D eigenvalue weighted by Crippen LogP contribution is 2.30. The number of anilines is 1. The number of hydrogen-bond acceptors (Lipinski definition) is 5. The van der Waals surface area contributed by atoms with Crippen molar-refractivity contribution in [2.75, 3.05) is 46.3 Å². The molecule has 0 bridgehead atoms. The molecule has 1 amide bonds. The number of carbonyl (C=O) groups is 1. The van der Waals surface area contributed by atoms with Crippen LogP contribution in [0.4, 0.5) is 5.69 Å². The van der Waals surface area contributed by atoms with Gasteiger partial charge in [0.25, 0.3) is 5.91 Å². The van der Waals surface area contributed by atoms with Gasteiger partial charge in [-0.2, -0.15) is 0 Å². The second-order valence-electron chi connectivity index (χ2n) is 6.75. The lowest BCUT2D eigenvalue weighted by atomic mass is 10.00. The van der Waals surface area contributed by atoms with Gasteiger partial charge in [0, 0.05) is 18.2 Å². The van der Waals surface area contributed by atoms with E-state index in [0.717, 1.165) is 25.1 Å². The molecule has 0 aromatic heterocycles. The molecule has 0 aliphatic carbocycles. The van der Waals surface area contributed by atoms with E-state index in [9.17, 15) is 4.79 Å². The molecular weight excluding hydrogens is 344 g/mol. The zero-order valence-corrected chi connectivity index (χ0v) is 16.1. The number of likely N-dealkylation sites (N-methyl/N-ethyl adjacent to an activating group) is 1. The van der Waals surface area contributed by atoms with Crippen molar-refractivity contribution >= 4 is 11.6 Å². The number of rotatable bonds is 7. The lowest BCUT2D eigenvalue weighted by Gasteiger charge is -2.17. The number of ether oxygens (including phenoxy) is 3. The molecule has 27 heavy (non-hydrogen) atoms. The van der Waals surface area contributed by atoms with Gasteiger partial charge in [-0.15, -0.1) is 0 Å². The van der Waals surface area contributed by atoms with Crippen molar-refractivity contribution in [3.63, 3.8) is 0 Å². The maximum Gasteiger partial charge on any atom is 0.255 e. The molecule has 0 fully saturated rings. The SMILES string of the molecule is COc1cc(OCCN(C)C)ccc1NC(=O)c1ccc2c(c1)COCC2. The van der Waals surface area contributed by atoms with E-state index in [0.29, 0.717) is 36.0 Å². The molecule has 3 rings (SSSR count). The summed E-state index contributed by atoms with van der Waals surface area (Å²) >= 11 is 0. The smallest absolute Gasteiger partial charge is 0.255 e. The average molecular weight is 370 g/mol. The summed E-state index contributed by atoms with van der Waals surface area (Å²) < 4.78 is 16.6. The van der Waals surface area contributed by atoms with Crippen molar-refractivity contribution in [1.29, 1.82) is 0 Å². The zero-order valence-electron chi connectivity index (χ0n) is 16.1. The molecule has 0 spiro atoms. The Morgan fingerprint density at radius 2 is 2.04 bits per heavy atom. The third-order valence-corrected chi connectivity index (χ3v) is 4.47. The van der Waals surface area contributed by atoms with Crippen molar-refractivity contribution < 1.29 is 19.0 Å². The predicted octanol–water partition coefficient (Wildman–Crippen LogP) is 2.96. The summed E-state index contributed by atoms with van der Waals surface area (Å²) in [4.78, 5) is 14.7. The first kappa shape index (κ1) is 19.2. The van der Waals surface area contributed by atoms with E-state index in [1.54, 1.807) is 19.2 Å². The first-order valence-electron chi connectivity index (χ1n) is 9.03. The Hall–Kier alpha value is -2.57. The van der Waals surface area contributed by atoms with Crippen LogP contribution < -0.4 is 14.8 Å². The van der Waals surface area contributed by atoms with Gasteiger partial charge in [-0.1, -0.05) is 6.07 Å². The second kappa shape index (κ2) is 8.88. The van der Waals surface area contributed by atoms with Gasteiger partial charge in [0.1, 0.15) is 18.1 Å². The van der Waals surface area contributed by atoms with Gasteiger partial charge in [0.15, 0.2) is 0 Å². The molecular formula is C21H26N2O4. The summed E-state index contributed by atoms with van der Waals surface area (Å²) in [7, 11) is 5.57. The van der Waals surface area contributed by atoms with Crippen LogP contribution in [0.3, 0.4) is 0 Å². The molecule has 0 atom stereocenters. The van der Waals surface area contributed by atoms with Crippen LogP contribution in [0.1, 0.15) is 21.5 Å². The third-order valence-electron chi connectivity index (χ3n) is 4.47. The number of fused-ring (bicyclic) bond motifs is 1. The largest absolute Gasteiger partial charge is 0.494 e. The van der Waals surface area contributed by atoms with Crippen molar-refractivity contribution in [3.8, 4) is 11.5 Å². The maximum atomic E-state index is 12.7. The van der Waals surface area contributed by atoms with Gasteiger partial charge < -0.3 is 24.4 Å². The van der Waals surface area contributed by atoms with Crippen LogP contribution >= 0.6 is 0 Å². The van der Waals surface area contributed by atoms with E-state index < -0.39 is 0 Å². The van der Waals surface area contributed by atoms with Gasteiger partial charge in [-0.3, -0.25) is 4.79 Å². The highest BCUT2D eigenvalue weighted by atomic mass is 16.5. The van der Waals surface area contributed by atoms with Crippen LogP contribution in [-0.4, -0.2) is 51.8 Å². The number of methoxy groups -OCH3 is 1. The quantitative estimate of drug-likeness (QED) is 0.812. The number of carbonyl (C=O) groups excluding carboxylic acids is 1. The summed E-state index contributed by atoms with van der Waals surface area (Å²) in [5.41, 5.74) is 3.53. The topological polar surface area (TPSA) is 60.0 Å². The fraction of sp³-hybridized carbons (Fsp3) is 0.381. The lowest BCUT2D eigenvalue weighted by Crippen LogP contribution is -2.19. The molecule has 0 unspecified atom stereocenters. The minimum absolute atomic E-state index is 0.178. The van der Waals surface area contributed by atoms with Gasteiger partial charge in [-0.25, -0.2) is 0 Å². The number of benzene rings is 2. The fourth-order valence-corrected chi connectivity index (χ4v) is 2.91. The highest BCUT2D eigenvalue weighted by molar-refractivity contribution is 6.05. The Morgan fingerprint density at radius 1 is 1.19 bits per heavy atom. The molecule has 0 saturated heterocycles. The van der Waals surface area contributed by atoms with Crippen LogP contribution in [0.2, 0.25) is 0 Å². The molecule has 1 aliphatic rings. The highest BCUT2D eigenvalue weighted by Gasteiger charge is 2.15. The fourth-order valence-electron chi connectivity index (χ4n) is 2.91. The number of hydrogen-bond donors (Lipinski definition) is 1. The predicted molar refractivity (Wildman–Crippen MR) is 105 cm³/mol. The molecule has 6 nitrogen and oxygen atoms in total. The Kier molecular flexibility index (Phi) is 6.32. The molecule has 1 aliphatic heterocycles. The first-order valence-corrected chi connectivity index (χ1v) is 9.03. The minimum atomic E-state index is -0.178. The van der Waals surface area contributed by atoms with Crippen LogP contribution in [0, 0.1) is 0 Å². The van der Waals surface area contributed by atoms with Crippen molar-refractivity contribution in [1.82, 2.24) is 4.90 Å². The lowest BCUT2D eigenvalue weighted by molar-refractivity contribution is 0.102. The molecule has 1 N–H and O–H groups in total. The zero-order chi connectivity index (χ0) is 19.2. The molecule has 1 heterocycles. The normalized spacial score (nSPS) is 13.2. The first-order chi connectivity index (χ1) is 13.1. The monoisotopic (exact) mass is 370 g/mol. The number of nitrogens with zero attached hydrogens (tertiary/aromatic N) is 1. The molecule has 2 aromatic rings. The average Bonchev–Trinajstić information content (AvgIpc) is 2.68. The molecule has 2 aromatic carbocycles. The Bertz CT molecular complexity index is 805. The van der Waals surface area contributed by atoms with E-state index in [2.05, 4.69) is 10.2 Å².